The first kappa shape index (κ1) is 11.2. The molecule has 0 aliphatic heterocycles. The second-order valence-corrected chi connectivity index (χ2v) is 4.96. The highest BCUT2D eigenvalue weighted by atomic mass is 16.1. The first-order valence-corrected chi connectivity index (χ1v) is 6.48. The van der Waals surface area contributed by atoms with E-state index in [1.54, 1.807) is 0 Å². The van der Waals surface area contributed by atoms with Crippen LogP contribution in [0.1, 0.15) is 34.3 Å². The van der Waals surface area contributed by atoms with Crippen LogP contribution in [0.2, 0.25) is 0 Å². The van der Waals surface area contributed by atoms with E-state index in [4.69, 9.17) is 0 Å². The van der Waals surface area contributed by atoms with Gasteiger partial charge in [0.1, 0.15) is 0 Å². The fourth-order valence-electron chi connectivity index (χ4n) is 2.69. The largest absolute Gasteiger partial charge is 0.294 e. The number of carbonyl (C=O) groups excluding carboxylic acids is 1. The minimum absolute atomic E-state index is 0.298. The average molecular weight is 236 g/mol. The van der Waals surface area contributed by atoms with Gasteiger partial charge in [0.25, 0.3) is 0 Å². The molecule has 0 atom stereocenters. The monoisotopic (exact) mass is 236 g/mol. The molecule has 0 N–H and O–H groups in total. The normalized spacial score (nSPS) is 14.4. The van der Waals surface area contributed by atoms with Crippen molar-refractivity contribution in [2.75, 3.05) is 0 Å². The Balaban J connectivity index is 2.13. The third-order valence-electron chi connectivity index (χ3n) is 3.72. The van der Waals surface area contributed by atoms with Gasteiger partial charge in [0.05, 0.1) is 0 Å². The molecule has 0 radical (unpaired) electrons. The molecule has 0 saturated carbocycles. The Morgan fingerprint density at radius 2 is 1.78 bits per heavy atom. The first-order valence-electron chi connectivity index (χ1n) is 6.48. The SMILES string of the molecule is Cc1ccccc1-c1ccc2c(c1)C(=O)CCC2. The van der Waals surface area contributed by atoms with Crippen LogP contribution in [-0.2, 0) is 6.42 Å². The minimum atomic E-state index is 0.298. The van der Waals surface area contributed by atoms with E-state index >= 15 is 0 Å². The van der Waals surface area contributed by atoms with Crippen molar-refractivity contribution >= 4 is 5.78 Å². The topological polar surface area (TPSA) is 17.1 Å². The molecular formula is C17H16O. The molecule has 1 nitrogen and oxygen atoms in total. The fourth-order valence-corrected chi connectivity index (χ4v) is 2.69. The van der Waals surface area contributed by atoms with E-state index in [1.807, 2.05) is 12.1 Å². The second-order valence-electron chi connectivity index (χ2n) is 4.96. The van der Waals surface area contributed by atoms with Crippen molar-refractivity contribution in [1.29, 1.82) is 0 Å². The molecular weight excluding hydrogens is 220 g/mol. The van der Waals surface area contributed by atoms with Crippen LogP contribution in [0, 0.1) is 6.92 Å². The zero-order valence-corrected chi connectivity index (χ0v) is 10.6. The summed E-state index contributed by atoms with van der Waals surface area (Å²) in [7, 11) is 0. The van der Waals surface area contributed by atoms with Crippen molar-refractivity contribution in [2.24, 2.45) is 0 Å². The number of fused-ring (bicyclic) bond motifs is 1. The van der Waals surface area contributed by atoms with Crippen molar-refractivity contribution in [2.45, 2.75) is 26.2 Å². The number of rotatable bonds is 1. The first-order chi connectivity index (χ1) is 8.75. The van der Waals surface area contributed by atoms with Crippen LogP contribution in [0.5, 0.6) is 0 Å². The van der Waals surface area contributed by atoms with Gasteiger partial charge in [0, 0.05) is 12.0 Å². The van der Waals surface area contributed by atoms with E-state index in [9.17, 15) is 4.79 Å². The van der Waals surface area contributed by atoms with Crippen LogP contribution in [0.25, 0.3) is 11.1 Å². The van der Waals surface area contributed by atoms with E-state index in [1.165, 1.54) is 16.7 Å². The summed E-state index contributed by atoms with van der Waals surface area (Å²) in [5.74, 6) is 0.298. The number of carbonyl (C=O) groups is 1. The van der Waals surface area contributed by atoms with E-state index in [0.717, 1.165) is 24.0 Å². The Morgan fingerprint density at radius 1 is 0.944 bits per heavy atom. The van der Waals surface area contributed by atoms with Gasteiger partial charge in [0.2, 0.25) is 0 Å². The van der Waals surface area contributed by atoms with Gasteiger partial charge in [0.15, 0.2) is 5.78 Å². The molecule has 0 spiro atoms. The van der Waals surface area contributed by atoms with Crippen molar-refractivity contribution in [3.63, 3.8) is 0 Å². The lowest BCUT2D eigenvalue weighted by Crippen LogP contribution is -2.10. The molecule has 0 bridgehead atoms. The molecule has 90 valence electrons. The number of Topliss-reactive ketones (excluding diaryl/α,β-unsaturated/α-hetero) is 1. The molecule has 0 aromatic heterocycles. The molecule has 0 saturated heterocycles. The van der Waals surface area contributed by atoms with Gasteiger partial charge in [-0.3, -0.25) is 4.79 Å². The van der Waals surface area contributed by atoms with Gasteiger partial charge in [-0.05, 0) is 48.1 Å². The van der Waals surface area contributed by atoms with Crippen molar-refractivity contribution < 1.29 is 4.79 Å². The van der Waals surface area contributed by atoms with Crippen LogP contribution >= 0.6 is 0 Å². The summed E-state index contributed by atoms with van der Waals surface area (Å²) in [5.41, 5.74) is 5.77. The van der Waals surface area contributed by atoms with Gasteiger partial charge in [-0.2, -0.15) is 0 Å². The minimum Gasteiger partial charge on any atom is -0.294 e. The third-order valence-corrected chi connectivity index (χ3v) is 3.72. The Kier molecular flexibility index (Phi) is 2.75. The predicted octanol–water partition coefficient (Wildman–Crippen LogP) is 4.18. The second kappa shape index (κ2) is 4.41. The lowest BCUT2D eigenvalue weighted by molar-refractivity contribution is 0.0972. The molecule has 2 aromatic rings. The number of hydrogen-bond acceptors (Lipinski definition) is 1. The van der Waals surface area contributed by atoms with Crippen molar-refractivity contribution in [1.82, 2.24) is 0 Å². The number of ketones is 1. The van der Waals surface area contributed by atoms with Crippen LogP contribution in [0.15, 0.2) is 42.5 Å². The highest BCUT2D eigenvalue weighted by molar-refractivity contribution is 5.99. The van der Waals surface area contributed by atoms with E-state index in [0.29, 0.717) is 12.2 Å². The molecule has 18 heavy (non-hydrogen) atoms. The Hall–Kier alpha value is -1.89. The molecule has 0 heterocycles. The summed E-state index contributed by atoms with van der Waals surface area (Å²) in [6.07, 6.45) is 2.73. The summed E-state index contributed by atoms with van der Waals surface area (Å²) in [6, 6.07) is 14.6. The van der Waals surface area contributed by atoms with E-state index in [2.05, 4.69) is 37.3 Å². The third kappa shape index (κ3) is 1.86. The molecule has 1 heteroatoms. The van der Waals surface area contributed by atoms with Gasteiger partial charge in [-0.1, -0.05) is 36.4 Å². The summed E-state index contributed by atoms with van der Waals surface area (Å²) >= 11 is 0. The quantitative estimate of drug-likeness (QED) is 0.726. The Labute approximate surface area is 107 Å². The van der Waals surface area contributed by atoms with Crippen LogP contribution in [-0.4, -0.2) is 5.78 Å². The van der Waals surface area contributed by atoms with E-state index in [-0.39, 0.29) is 0 Å². The summed E-state index contributed by atoms with van der Waals surface area (Å²) in [4.78, 5) is 12.0. The highest BCUT2D eigenvalue weighted by Crippen LogP contribution is 2.29. The van der Waals surface area contributed by atoms with Gasteiger partial charge in [-0.25, -0.2) is 0 Å². The number of hydrogen-bond donors (Lipinski definition) is 0. The predicted molar refractivity (Wildman–Crippen MR) is 73.9 cm³/mol. The highest BCUT2D eigenvalue weighted by Gasteiger charge is 2.17. The lowest BCUT2D eigenvalue weighted by atomic mass is 9.87. The van der Waals surface area contributed by atoms with Gasteiger partial charge < -0.3 is 0 Å². The zero-order chi connectivity index (χ0) is 12.5. The van der Waals surface area contributed by atoms with Crippen LogP contribution in [0.3, 0.4) is 0 Å². The average Bonchev–Trinajstić information content (AvgIpc) is 2.40. The molecule has 0 amide bonds. The maximum Gasteiger partial charge on any atom is 0.163 e. The standard InChI is InChI=1S/C17H16O/c1-12-5-2-3-7-15(12)14-10-9-13-6-4-8-17(18)16(13)11-14/h2-3,5,7,9-11H,4,6,8H2,1H3. The van der Waals surface area contributed by atoms with Crippen LogP contribution < -0.4 is 0 Å². The van der Waals surface area contributed by atoms with Gasteiger partial charge >= 0.3 is 0 Å². The number of aryl methyl sites for hydroxylation is 2. The van der Waals surface area contributed by atoms with Crippen molar-refractivity contribution in [3.8, 4) is 11.1 Å². The maximum absolute atomic E-state index is 12.0. The molecule has 1 aliphatic carbocycles. The van der Waals surface area contributed by atoms with Gasteiger partial charge in [-0.15, -0.1) is 0 Å². The van der Waals surface area contributed by atoms with E-state index < -0.39 is 0 Å². The number of benzene rings is 2. The Bertz CT molecular complexity index is 611. The smallest absolute Gasteiger partial charge is 0.163 e. The fraction of sp³-hybridized carbons (Fsp3) is 0.235. The molecule has 0 unspecified atom stereocenters. The van der Waals surface area contributed by atoms with Crippen LogP contribution in [0.4, 0.5) is 0 Å². The summed E-state index contributed by atoms with van der Waals surface area (Å²) in [5, 5.41) is 0. The lowest BCUT2D eigenvalue weighted by Gasteiger charge is -2.16. The molecule has 2 aromatic carbocycles. The molecule has 0 fully saturated rings. The summed E-state index contributed by atoms with van der Waals surface area (Å²) in [6.45, 7) is 2.11. The van der Waals surface area contributed by atoms with Crippen molar-refractivity contribution in [3.05, 3.63) is 59.2 Å². The maximum atomic E-state index is 12.0. The molecule has 1 aliphatic rings. The zero-order valence-electron chi connectivity index (χ0n) is 10.6. The summed E-state index contributed by atoms with van der Waals surface area (Å²) < 4.78 is 0. The molecule has 3 rings (SSSR count). The Morgan fingerprint density at radius 3 is 2.61 bits per heavy atom.